The van der Waals surface area contributed by atoms with Gasteiger partial charge in [0.25, 0.3) is 5.91 Å². The fourth-order valence-electron chi connectivity index (χ4n) is 1.91. The van der Waals surface area contributed by atoms with Crippen LogP contribution < -0.4 is 0 Å². The van der Waals surface area contributed by atoms with E-state index in [-0.39, 0.29) is 13.0 Å². The van der Waals surface area contributed by atoms with Crippen molar-refractivity contribution in [2.45, 2.75) is 44.9 Å². The van der Waals surface area contributed by atoms with Crippen LogP contribution in [0.2, 0.25) is 0 Å². The Hall–Kier alpha value is -1.70. The van der Waals surface area contributed by atoms with Gasteiger partial charge in [0.1, 0.15) is 24.4 Å². The summed E-state index contributed by atoms with van der Waals surface area (Å²) < 4.78 is 26.8. The molecule has 0 spiro atoms. The van der Waals surface area contributed by atoms with Gasteiger partial charge in [-0.2, -0.15) is 0 Å². The van der Waals surface area contributed by atoms with Gasteiger partial charge in [-0.25, -0.2) is 18.9 Å². The minimum absolute atomic E-state index is 0.0786. The van der Waals surface area contributed by atoms with E-state index in [1.807, 2.05) is 0 Å². The molecule has 1 heterocycles. The first-order valence-electron chi connectivity index (χ1n) is 6.52. The number of hydrogen-bond acceptors (Lipinski definition) is 6. The molecule has 0 saturated carbocycles. The van der Waals surface area contributed by atoms with Gasteiger partial charge in [-0.3, -0.25) is 4.79 Å². The topological polar surface area (TPSA) is 82.1 Å². The molecule has 2 atom stereocenters. The molecule has 1 rings (SSSR count). The van der Waals surface area contributed by atoms with Crippen molar-refractivity contribution < 1.29 is 33.0 Å². The summed E-state index contributed by atoms with van der Waals surface area (Å²) in [4.78, 5) is 36.6. The van der Waals surface area contributed by atoms with Crippen molar-refractivity contribution in [1.29, 1.82) is 0 Å². The lowest BCUT2D eigenvalue weighted by Crippen LogP contribution is -2.46. The normalized spacial score (nSPS) is 22.3. The van der Waals surface area contributed by atoms with Gasteiger partial charge < -0.3 is 14.2 Å². The van der Waals surface area contributed by atoms with Crippen LogP contribution in [-0.2, 0) is 23.8 Å². The first-order valence-corrected chi connectivity index (χ1v) is 6.52. The summed E-state index contributed by atoms with van der Waals surface area (Å²) in [5.41, 5.74) is -0.823. The second kappa shape index (κ2) is 6.84. The number of ether oxygens (including phenoxy) is 3. The van der Waals surface area contributed by atoms with Crippen LogP contribution in [0.3, 0.4) is 0 Å². The van der Waals surface area contributed by atoms with Crippen LogP contribution in [0.4, 0.5) is 9.18 Å². The highest BCUT2D eigenvalue weighted by Gasteiger charge is 2.49. The monoisotopic (exact) mass is 304 g/mol. The molecule has 1 aliphatic rings. The first kappa shape index (κ1) is 17.4. The number of imide groups is 1. The van der Waals surface area contributed by atoms with Gasteiger partial charge in [0.05, 0.1) is 13.7 Å². The highest BCUT2D eigenvalue weighted by Crippen LogP contribution is 2.25. The summed E-state index contributed by atoms with van der Waals surface area (Å²) in [5.74, 6) is -1.48. The number of nitrogens with zero attached hydrogens (tertiary/aromatic N) is 1. The number of carbonyl (C=O) groups is 3. The Morgan fingerprint density at radius 3 is 2.48 bits per heavy atom. The quantitative estimate of drug-likeness (QED) is 0.722. The molecule has 0 radical (unpaired) electrons. The van der Waals surface area contributed by atoms with Crippen molar-refractivity contribution in [2.24, 2.45) is 0 Å². The molecule has 7 nitrogen and oxygen atoms in total. The van der Waals surface area contributed by atoms with E-state index in [9.17, 15) is 18.8 Å². The van der Waals surface area contributed by atoms with E-state index >= 15 is 0 Å². The van der Waals surface area contributed by atoms with Gasteiger partial charge >= 0.3 is 12.1 Å². The van der Waals surface area contributed by atoms with Crippen LogP contribution in [0.1, 0.15) is 27.2 Å². The van der Waals surface area contributed by atoms with Gasteiger partial charge in [0.2, 0.25) is 0 Å². The predicted octanol–water partition coefficient (Wildman–Crippen LogP) is 1.05. The maximum Gasteiger partial charge on any atom is 0.417 e. The number of halogens is 1. The van der Waals surface area contributed by atoms with E-state index in [0.717, 1.165) is 7.11 Å². The third-order valence-electron chi connectivity index (χ3n) is 2.72. The summed E-state index contributed by atoms with van der Waals surface area (Å²) in [7, 11) is 1.15. The van der Waals surface area contributed by atoms with Crippen LogP contribution in [0.5, 0.6) is 0 Å². The zero-order valence-electron chi connectivity index (χ0n) is 12.6. The maximum atomic E-state index is 12.1. The summed E-state index contributed by atoms with van der Waals surface area (Å²) in [6.45, 7) is 3.85. The lowest BCUT2D eigenvalue weighted by Gasteiger charge is -2.26. The minimum Gasteiger partial charge on any atom is -0.467 e. The van der Waals surface area contributed by atoms with Gasteiger partial charge in [-0.05, 0) is 20.8 Å². The average Bonchev–Trinajstić information content (AvgIpc) is 2.70. The fourth-order valence-corrected chi connectivity index (χ4v) is 1.91. The molecule has 0 aromatic carbocycles. The van der Waals surface area contributed by atoms with Crippen LogP contribution in [0.25, 0.3) is 0 Å². The van der Waals surface area contributed by atoms with E-state index in [0.29, 0.717) is 4.90 Å². The highest BCUT2D eigenvalue weighted by atomic mass is 18.2. The molecule has 1 saturated heterocycles. The number of rotatable bonds is 4. The van der Waals surface area contributed by atoms with E-state index in [1.54, 1.807) is 20.8 Å². The lowest BCUT2D eigenvalue weighted by atomic mass is 10.2. The van der Waals surface area contributed by atoms with Crippen LogP contribution in [-0.4, -0.2) is 61.0 Å². The summed E-state index contributed by atoms with van der Waals surface area (Å²) in [5, 5.41) is 0. The van der Waals surface area contributed by atoms with Crippen molar-refractivity contribution in [3.63, 3.8) is 0 Å². The Labute approximate surface area is 122 Å². The second-order valence-corrected chi connectivity index (χ2v) is 5.51. The average molecular weight is 304 g/mol. The molecule has 0 N–H and O–H groups in total. The molecule has 1 fully saturated rings. The van der Waals surface area contributed by atoms with Crippen molar-refractivity contribution in [3.8, 4) is 0 Å². The van der Waals surface area contributed by atoms with Crippen LogP contribution in [0, 0.1) is 0 Å². The Morgan fingerprint density at radius 1 is 1.38 bits per heavy atom. The third kappa shape index (κ3) is 4.38. The third-order valence-corrected chi connectivity index (χ3v) is 2.72. The van der Waals surface area contributed by atoms with Gasteiger partial charge in [-0.1, -0.05) is 0 Å². The van der Waals surface area contributed by atoms with E-state index < -0.39 is 42.4 Å². The van der Waals surface area contributed by atoms with Gasteiger partial charge in [0.15, 0.2) is 0 Å². The molecule has 0 aliphatic carbocycles. The fraction of sp³-hybridized carbons (Fsp3) is 0.769. The van der Waals surface area contributed by atoms with Crippen molar-refractivity contribution in [1.82, 2.24) is 4.90 Å². The molecule has 21 heavy (non-hydrogen) atoms. The van der Waals surface area contributed by atoms with Gasteiger partial charge in [-0.15, -0.1) is 0 Å². The number of alkyl halides is 1. The predicted molar refractivity (Wildman–Crippen MR) is 69.2 cm³/mol. The number of methoxy groups -OCH3 is 1. The van der Waals surface area contributed by atoms with E-state index in [2.05, 4.69) is 4.74 Å². The number of hydrogen-bond donors (Lipinski definition) is 0. The summed E-state index contributed by atoms with van der Waals surface area (Å²) >= 11 is 0. The van der Waals surface area contributed by atoms with E-state index in [4.69, 9.17) is 9.47 Å². The Balaban J connectivity index is 2.92. The highest BCUT2D eigenvalue weighted by molar-refractivity contribution is 6.01. The van der Waals surface area contributed by atoms with Crippen molar-refractivity contribution in [2.75, 3.05) is 20.4 Å². The SMILES string of the molecule is COC(=O)[C@@H]1C[C@@H](OCC[18F])C(=O)N1C(=O)OC(C)(C)C. The summed E-state index contributed by atoms with van der Waals surface area (Å²) in [6, 6.07) is -1.12. The molecule has 0 bridgehead atoms. The maximum absolute atomic E-state index is 12.1. The first-order chi connectivity index (χ1) is 9.71. The standard InChI is InChI=1S/C13H20FNO6/c1-13(2,3)21-12(18)15-8(11(17)19-4)7-9(10(15)16)20-6-5-14/h8-9H,5-7H2,1-4H3/t8-,9+/m0/s1/i14-1. The largest absolute Gasteiger partial charge is 0.467 e. The second-order valence-electron chi connectivity index (χ2n) is 5.51. The number of likely N-dealkylation sites (tertiary alicyclic amines) is 1. The number of esters is 1. The molecule has 1 aliphatic heterocycles. The molecular formula is C13H20FNO6. The van der Waals surface area contributed by atoms with Crippen molar-refractivity contribution >= 4 is 18.0 Å². The summed E-state index contributed by atoms with van der Waals surface area (Å²) in [6.07, 6.45) is -2.09. The lowest BCUT2D eigenvalue weighted by molar-refractivity contribution is -0.149. The molecular weight excluding hydrogens is 284 g/mol. The molecule has 8 heteroatoms. The smallest absolute Gasteiger partial charge is 0.417 e. The van der Waals surface area contributed by atoms with E-state index in [1.165, 1.54) is 0 Å². The van der Waals surface area contributed by atoms with Crippen LogP contribution >= 0.6 is 0 Å². The number of amides is 2. The Morgan fingerprint density at radius 2 is 2.00 bits per heavy atom. The Kier molecular flexibility index (Phi) is 5.65. The zero-order chi connectivity index (χ0) is 16.2. The van der Waals surface area contributed by atoms with Gasteiger partial charge in [0, 0.05) is 6.42 Å². The molecule has 0 unspecified atom stereocenters. The Bertz CT molecular complexity index is 419. The molecule has 0 aromatic heterocycles. The van der Waals surface area contributed by atoms with Crippen molar-refractivity contribution in [3.05, 3.63) is 0 Å². The minimum atomic E-state index is -1.12. The molecule has 2 amide bonds. The number of carbonyl (C=O) groups excluding carboxylic acids is 3. The zero-order valence-corrected chi connectivity index (χ0v) is 12.6. The molecule has 0 aromatic rings. The molecule has 120 valence electrons. The van der Waals surface area contributed by atoms with Crippen LogP contribution in [0.15, 0.2) is 0 Å².